The number of ether oxygens (including phenoxy) is 2. The van der Waals surface area contributed by atoms with E-state index in [-0.39, 0.29) is 11.9 Å². The number of carbonyl (C=O) groups is 1. The first-order valence-corrected chi connectivity index (χ1v) is 11.3. The smallest absolute Gasteiger partial charge is 0.185 e. The zero-order valence-electron chi connectivity index (χ0n) is 17.3. The number of hydrogen-bond acceptors (Lipinski definition) is 6. The Morgan fingerprint density at radius 1 is 1.33 bits per heavy atom. The molecule has 0 aliphatic carbocycles. The molecule has 2 aromatic rings. The minimum absolute atomic E-state index is 0.0526. The number of amidine groups is 1. The third-order valence-electron chi connectivity index (χ3n) is 4.96. The lowest BCUT2D eigenvalue weighted by Gasteiger charge is -2.13. The fraction of sp³-hybridized carbons (Fsp3) is 0.333. The van der Waals surface area contributed by atoms with Gasteiger partial charge in [0, 0.05) is 41.1 Å². The summed E-state index contributed by atoms with van der Waals surface area (Å²) in [6.07, 6.45) is 5.56. The highest BCUT2D eigenvalue weighted by molar-refractivity contribution is 8.14. The number of ketones is 1. The van der Waals surface area contributed by atoms with Crippen LogP contribution in [-0.2, 0) is 6.42 Å². The molecule has 4 rings (SSSR count). The average Bonchev–Trinajstić information content (AvgIpc) is 3.12. The van der Waals surface area contributed by atoms with Gasteiger partial charge in [0.15, 0.2) is 11.0 Å². The number of benzene rings is 2. The van der Waals surface area contributed by atoms with Crippen LogP contribution in [-0.4, -0.2) is 36.0 Å². The molecule has 0 amide bonds. The summed E-state index contributed by atoms with van der Waals surface area (Å²) >= 11 is 1.73. The van der Waals surface area contributed by atoms with Crippen molar-refractivity contribution >= 4 is 34.5 Å². The number of aliphatic imine (C=N–C) groups is 1. The Hall–Kier alpha value is -2.73. The van der Waals surface area contributed by atoms with Crippen molar-refractivity contribution in [3.8, 4) is 11.5 Å². The molecule has 2 aromatic carbocycles. The lowest BCUT2D eigenvalue weighted by molar-refractivity contribution is 0.104. The van der Waals surface area contributed by atoms with Gasteiger partial charge in [-0.25, -0.2) is 0 Å². The highest BCUT2D eigenvalue weighted by Crippen LogP contribution is 2.35. The van der Waals surface area contributed by atoms with E-state index in [2.05, 4.69) is 17.2 Å². The van der Waals surface area contributed by atoms with E-state index in [0.717, 1.165) is 58.6 Å². The molecule has 6 heteroatoms. The molecule has 2 heterocycles. The number of thioether (sulfide) groups is 1. The van der Waals surface area contributed by atoms with Crippen molar-refractivity contribution in [2.24, 2.45) is 4.99 Å². The van der Waals surface area contributed by atoms with Gasteiger partial charge in [-0.05, 0) is 68.8 Å². The van der Waals surface area contributed by atoms with Gasteiger partial charge in [-0.2, -0.15) is 0 Å². The first-order valence-electron chi connectivity index (χ1n) is 10.4. The lowest BCUT2D eigenvalue weighted by Crippen LogP contribution is -2.13. The number of nitrogens with zero attached hydrogens (tertiary/aromatic N) is 1. The van der Waals surface area contributed by atoms with E-state index >= 15 is 0 Å². The third-order valence-corrected chi connectivity index (χ3v) is 5.96. The minimum Gasteiger partial charge on any atom is -0.493 e. The van der Waals surface area contributed by atoms with Gasteiger partial charge in [-0.1, -0.05) is 11.8 Å². The number of anilines is 1. The predicted octanol–water partition coefficient (Wildman–Crippen LogP) is 5.21. The lowest BCUT2D eigenvalue weighted by atomic mass is 10.0. The normalized spacial score (nSPS) is 17.9. The first kappa shape index (κ1) is 20.5. The van der Waals surface area contributed by atoms with Gasteiger partial charge in [0.1, 0.15) is 17.6 Å². The molecule has 0 unspecified atom stereocenters. The fourth-order valence-corrected chi connectivity index (χ4v) is 4.34. The molecule has 0 aromatic heterocycles. The summed E-state index contributed by atoms with van der Waals surface area (Å²) in [7, 11) is 0. The number of nitrogens with one attached hydrogen (secondary N) is 1. The van der Waals surface area contributed by atoms with Gasteiger partial charge < -0.3 is 14.8 Å². The molecule has 0 radical (unpaired) electrons. The predicted molar refractivity (Wildman–Crippen MR) is 124 cm³/mol. The fourth-order valence-electron chi connectivity index (χ4n) is 3.50. The third kappa shape index (κ3) is 4.87. The van der Waals surface area contributed by atoms with Crippen LogP contribution in [0, 0.1) is 0 Å². The Labute approximate surface area is 181 Å². The molecule has 2 aliphatic heterocycles. The van der Waals surface area contributed by atoms with Gasteiger partial charge in [-0.3, -0.25) is 9.79 Å². The molecule has 0 fully saturated rings. The monoisotopic (exact) mass is 422 g/mol. The number of hydrogen-bond donors (Lipinski definition) is 1. The maximum atomic E-state index is 12.7. The van der Waals surface area contributed by atoms with E-state index in [1.807, 2.05) is 43.3 Å². The van der Waals surface area contributed by atoms with Crippen molar-refractivity contribution in [2.45, 2.75) is 32.8 Å². The van der Waals surface area contributed by atoms with E-state index in [4.69, 9.17) is 9.47 Å². The minimum atomic E-state index is -0.0526. The number of fused-ring (bicyclic) bond motifs is 1. The van der Waals surface area contributed by atoms with Crippen LogP contribution in [0.15, 0.2) is 47.5 Å². The van der Waals surface area contributed by atoms with Crippen LogP contribution in [0.3, 0.4) is 0 Å². The van der Waals surface area contributed by atoms with Gasteiger partial charge in [-0.15, -0.1) is 0 Å². The summed E-state index contributed by atoms with van der Waals surface area (Å²) in [5.74, 6) is 2.69. The standard InChI is InChI=1S/C24H26N2O3S/c1-3-28-22-15-19-13-16(2)29-23(19)14-18(22)7-10-21(27)17-5-8-20(9-6-17)26-24-25-11-4-12-30-24/h5-10,14-16H,3-4,11-13H2,1-2H3,(H,25,26)/b10-7+/t16-/m1/s1. The molecular formula is C24H26N2O3S. The maximum Gasteiger partial charge on any atom is 0.185 e. The average molecular weight is 423 g/mol. The molecule has 30 heavy (non-hydrogen) atoms. The Balaban J connectivity index is 1.47. The van der Waals surface area contributed by atoms with Gasteiger partial charge >= 0.3 is 0 Å². The summed E-state index contributed by atoms with van der Waals surface area (Å²) < 4.78 is 11.6. The van der Waals surface area contributed by atoms with Gasteiger partial charge in [0.05, 0.1) is 6.61 Å². The molecule has 0 saturated heterocycles. The summed E-state index contributed by atoms with van der Waals surface area (Å²) in [6, 6.07) is 11.5. The molecule has 1 N–H and O–H groups in total. The Morgan fingerprint density at radius 2 is 2.17 bits per heavy atom. The zero-order valence-corrected chi connectivity index (χ0v) is 18.1. The van der Waals surface area contributed by atoms with Crippen molar-refractivity contribution in [2.75, 3.05) is 24.2 Å². The van der Waals surface area contributed by atoms with Crippen LogP contribution in [0.25, 0.3) is 6.08 Å². The van der Waals surface area contributed by atoms with Crippen molar-refractivity contribution in [1.82, 2.24) is 0 Å². The van der Waals surface area contributed by atoms with E-state index in [1.165, 1.54) is 0 Å². The van der Waals surface area contributed by atoms with Crippen LogP contribution >= 0.6 is 11.8 Å². The molecule has 1 atom stereocenters. The van der Waals surface area contributed by atoms with E-state index < -0.39 is 0 Å². The SMILES string of the molecule is CCOc1cc2c(cc1/C=C/C(=O)c1ccc(NC3=NCCCS3)cc1)O[C@H](C)C2. The molecule has 0 saturated carbocycles. The Bertz CT molecular complexity index is 983. The number of allylic oxidation sites excluding steroid dienone is 1. The van der Waals surface area contributed by atoms with Gasteiger partial charge in [0.25, 0.3) is 0 Å². The van der Waals surface area contributed by atoms with Crippen LogP contribution < -0.4 is 14.8 Å². The molecule has 2 aliphatic rings. The summed E-state index contributed by atoms with van der Waals surface area (Å²) in [5.41, 5.74) is 3.58. The quantitative estimate of drug-likeness (QED) is 0.512. The maximum absolute atomic E-state index is 12.7. The summed E-state index contributed by atoms with van der Waals surface area (Å²) in [6.45, 7) is 5.45. The number of rotatable bonds is 6. The topological polar surface area (TPSA) is 59.9 Å². The van der Waals surface area contributed by atoms with Crippen molar-refractivity contribution in [3.05, 3.63) is 59.2 Å². The van der Waals surface area contributed by atoms with E-state index in [1.54, 1.807) is 23.9 Å². The highest BCUT2D eigenvalue weighted by Gasteiger charge is 2.21. The largest absolute Gasteiger partial charge is 0.493 e. The first-order chi connectivity index (χ1) is 14.6. The van der Waals surface area contributed by atoms with Crippen molar-refractivity contribution in [3.63, 3.8) is 0 Å². The second-order valence-corrected chi connectivity index (χ2v) is 8.44. The Kier molecular flexibility index (Phi) is 6.43. The summed E-state index contributed by atoms with van der Waals surface area (Å²) in [4.78, 5) is 17.1. The summed E-state index contributed by atoms with van der Waals surface area (Å²) in [5, 5.41) is 4.25. The van der Waals surface area contributed by atoms with Crippen LogP contribution in [0.4, 0.5) is 5.69 Å². The van der Waals surface area contributed by atoms with Crippen molar-refractivity contribution in [1.29, 1.82) is 0 Å². The van der Waals surface area contributed by atoms with Crippen LogP contribution in [0.1, 0.15) is 41.8 Å². The van der Waals surface area contributed by atoms with E-state index in [9.17, 15) is 4.79 Å². The highest BCUT2D eigenvalue weighted by atomic mass is 32.2. The molecule has 5 nitrogen and oxygen atoms in total. The molecular weight excluding hydrogens is 396 g/mol. The number of carbonyl (C=O) groups excluding carboxylic acids is 1. The van der Waals surface area contributed by atoms with Gasteiger partial charge in [0.2, 0.25) is 0 Å². The molecule has 0 spiro atoms. The van der Waals surface area contributed by atoms with Crippen LogP contribution in [0.5, 0.6) is 11.5 Å². The van der Waals surface area contributed by atoms with E-state index in [0.29, 0.717) is 12.2 Å². The molecule has 156 valence electrons. The second kappa shape index (κ2) is 9.39. The molecule has 0 bridgehead atoms. The Morgan fingerprint density at radius 3 is 2.90 bits per heavy atom. The van der Waals surface area contributed by atoms with Crippen molar-refractivity contribution < 1.29 is 14.3 Å². The second-order valence-electron chi connectivity index (χ2n) is 7.35. The zero-order chi connectivity index (χ0) is 20.9. The van der Waals surface area contributed by atoms with Crippen LogP contribution in [0.2, 0.25) is 0 Å².